The number of rotatable bonds is 6. The fourth-order valence-electron chi connectivity index (χ4n) is 3.66. The minimum atomic E-state index is 0.411. The van der Waals surface area contributed by atoms with E-state index in [1.54, 1.807) is 0 Å². The molecule has 1 aromatic rings. The Morgan fingerprint density at radius 1 is 1.15 bits per heavy atom. The number of nitrogens with one attached hydrogen (secondary N) is 1. The van der Waals surface area contributed by atoms with Crippen molar-refractivity contribution < 1.29 is 9.47 Å². The summed E-state index contributed by atoms with van der Waals surface area (Å²) in [5.74, 6) is 0.942. The molecule has 2 fully saturated rings. The van der Waals surface area contributed by atoms with Gasteiger partial charge >= 0.3 is 0 Å². The lowest BCUT2D eigenvalue weighted by Crippen LogP contribution is -2.64. The first kappa shape index (κ1) is 13.7. The Hall–Kier alpha value is -1.22. The summed E-state index contributed by atoms with van der Waals surface area (Å²) in [7, 11) is 0. The second-order valence-corrected chi connectivity index (χ2v) is 5.92. The Balaban J connectivity index is 1.61. The average Bonchev–Trinajstić information content (AvgIpc) is 2.38. The van der Waals surface area contributed by atoms with Gasteiger partial charge in [0.2, 0.25) is 0 Å². The van der Waals surface area contributed by atoms with Gasteiger partial charge < -0.3 is 14.8 Å². The molecular formula is C17H25NO2. The molecule has 3 heteroatoms. The van der Waals surface area contributed by atoms with E-state index >= 15 is 0 Å². The van der Waals surface area contributed by atoms with Crippen molar-refractivity contribution in [2.24, 2.45) is 5.41 Å². The lowest BCUT2D eigenvalue weighted by Gasteiger charge is -2.61. The van der Waals surface area contributed by atoms with Gasteiger partial charge in [-0.1, -0.05) is 6.42 Å². The Kier molecular flexibility index (Phi) is 3.88. The highest BCUT2D eigenvalue weighted by atomic mass is 16.5. The van der Waals surface area contributed by atoms with Crippen LogP contribution in [-0.4, -0.2) is 25.4 Å². The van der Waals surface area contributed by atoms with E-state index < -0.39 is 0 Å². The molecule has 1 spiro atoms. The van der Waals surface area contributed by atoms with Gasteiger partial charge in [0.1, 0.15) is 5.75 Å². The molecule has 0 radical (unpaired) electrons. The van der Waals surface area contributed by atoms with Crippen molar-refractivity contribution in [3.05, 3.63) is 24.3 Å². The van der Waals surface area contributed by atoms with Gasteiger partial charge in [0.05, 0.1) is 12.7 Å². The van der Waals surface area contributed by atoms with Crippen LogP contribution in [0.1, 0.15) is 39.5 Å². The van der Waals surface area contributed by atoms with Crippen molar-refractivity contribution in [1.82, 2.24) is 0 Å². The summed E-state index contributed by atoms with van der Waals surface area (Å²) < 4.78 is 11.4. The summed E-state index contributed by atoms with van der Waals surface area (Å²) >= 11 is 0. The molecule has 0 bridgehead atoms. The van der Waals surface area contributed by atoms with E-state index in [0.717, 1.165) is 18.8 Å². The minimum absolute atomic E-state index is 0.411. The van der Waals surface area contributed by atoms with Crippen LogP contribution in [0.3, 0.4) is 0 Å². The fourth-order valence-corrected chi connectivity index (χ4v) is 3.66. The van der Waals surface area contributed by atoms with Crippen LogP contribution in [0.2, 0.25) is 0 Å². The molecule has 110 valence electrons. The Morgan fingerprint density at radius 2 is 1.90 bits per heavy atom. The third-order valence-electron chi connectivity index (χ3n) is 4.94. The topological polar surface area (TPSA) is 30.5 Å². The fraction of sp³-hybridized carbons (Fsp3) is 0.647. The predicted molar refractivity (Wildman–Crippen MR) is 81.3 cm³/mol. The van der Waals surface area contributed by atoms with E-state index in [-0.39, 0.29) is 0 Å². The molecule has 2 aliphatic rings. The first-order valence-corrected chi connectivity index (χ1v) is 7.89. The summed E-state index contributed by atoms with van der Waals surface area (Å²) in [5, 5.41) is 3.69. The van der Waals surface area contributed by atoms with Gasteiger partial charge in [-0.2, -0.15) is 0 Å². The Labute approximate surface area is 121 Å². The molecular weight excluding hydrogens is 250 g/mol. The van der Waals surface area contributed by atoms with E-state index in [0.29, 0.717) is 24.2 Å². The standard InChI is InChI=1S/C17H25NO2/c1-3-19-14-8-6-13(7-9-14)18-15-12-16(20-4-2)17(15)10-5-11-17/h6-9,15-16,18H,3-5,10-12H2,1-2H3. The number of hydrogen-bond donors (Lipinski definition) is 1. The van der Waals surface area contributed by atoms with Crippen molar-refractivity contribution >= 4 is 5.69 Å². The van der Waals surface area contributed by atoms with Crippen LogP contribution in [0.15, 0.2) is 24.3 Å². The van der Waals surface area contributed by atoms with E-state index in [1.807, 2.05) is 19.1 Å². The lowest BCUT2D eigenvalue weighted by molar-refractivity contribution is -0.157. The molecule has 2 unspecified atom stereocenters. The number of hydrogen-bond acceptors (Lipinski definition) is 3. The third kappa shape index (κ3) is 2.28. The maximum Gasteiger partial charge on any atom is 0.119 e. The zero-order chi connectivity index (χ0) is 14.0. The van der Waals surface area contributed by atoms with Gasteiger partial charge in [-0.05, 0) is 57.4 Å². The van der Waals surface area contributed by atoms with Gasteiger partial charge in [0, 0.05) is 23.8 Å². The second-order valence-electron chi connectivity index (χ2n) is 5.92. The molecule has 0 amide bonds. The molecule has 3 rings (SSSR count). The van der Waals surface area contributed by atoms with Crippen molar-refractivity contribution in [3.8, 4) is 5.75 Å². The van der Waals surface area contributed by atoms with Gasteiger partial charge in [0.25, 0.3) is 0 Å². The van der Waals surface area contributed by atoms with E-state index in [1.165, 1.54) is 24.9 Å². The average molecular weight is 275 g/mol. The normalized spacial score (nSPS) is 26.7. The van der Waals surface area contributed by atoms with Crippen LogP contribution < -0.4 is 10.1 Å². The van der Waals surface area contributed by atoms with E-state index in [9.17, 15) is 0 Å². The largest absolute Gasteiger partial charge is 0.494 e. The molecule has 2 aliphatic carbocycles. The Bertz CT molecular complexity index is 439. The van der Waals surface area contributed by atoms with Crippen molar-refractivity contribution in [2.45, 2.75) is 51.7 Å². The van der Waals surface area contributed by atoms with Gasteiger partial charge in [-0.15, -0.1) is 0 Å². The van der Waals surface area contributed by atoms with Crippen LogP contribution in [0.25, 0.3) is 0 Å². The third-order valence-corrected chi connectivity index (χ3v) is 4.94. The summed E-state index contributed by atoms with van der Waals surface area (Å²) in [6, 6.07) is 8.89. The number of ether oxygens (including phenoxy) is 2. The predicted octanol–water partition coefficient (Wildman–Crippen LogP) is 3.84. The molecule has 1 aromatic carbocycles. The van der Waals surface area contributed by atoms with Crippen molar-refractivity contribution in [2.75, 3.05) is 18.5 Å². The zero-order valence-electron chi connectivity index (χ0n) is 12.5. The van der Waals surface area contributed by atoms with Gasteiger partial charge in [-0.3, -0.25) is 0 Å². The molecule has 0 heterocycles. The monoisotopic (exact) mass is 275 g/mol. The van der Waals surface area contributed by atoms with Crippen LogP contribution in [0.4, 0.5) is 5.69 Å². The highest BCUT2D eigenvalue weighted by Crippen LogP contribution is 2.58. The van der Waals surface area contributed by atoms with Crippen molar-refractivity contribution in [1.29, 1.82) is 0 Å². The molecule has 2 atom stereocenters. The van der Waals surface area contributed by atoms with Crippen molar-refractivity contribution in [3.63, 3.8) is 0 Å². The molecule has 1 N–H and O–H groups in total. The van der Waals surface area contributed by atoms with E-state index in [4.69, 9.17) is 9.47 Å². The summed E-state index contributed by atoms with van der Waals surface area (Å²) in [4.78, 5) is 0. The second kappa shape index (κ2) is 5.65. The summed E-state index contributed by atoms with van der Waals surface area (Å²) in [5.41, 5.74) is 1.61. The van der Waals surface area contributed by atoms with E-state index in [2.05, 4.69) is 24.4 Å². The highest BCUT2D eigenvalue weighted by Gasteiger charge is 2.58. The smallest absolute Gasteiger partial charge is 0.119 e. The summed E-state index contributed by atoms with van der Waals surface area (Å²) in [6.07, 6.45) is 5.59. The molecule has 2 saturated carbocycles. The minimum Gasteiger partial charge on any atom is -0.494 e. The van der Waals surface area contributed by atoms with Gasteiger partial charge in [0.15, 0.2) is 0 Å². The first-order valence-electron chi connectivity index (χ1n) is 7.89. The summed E-state index contributed by atoms with van der Waals surface area (Å²) in [6.45, 7) is 5.66. The Morgan fingerprint density at radius 3 is 2.45 bits per heavy atom. The zero-order valence-corrected chi connectivity index (χ0v) is 12.5. The SMILES string of the molecule is CCOc1ccc(NC2CC(OCC)C23CCC3)cc1. The molecule has 0 aromatic heterocycles. The van der Waals surface area contributed by atoms with Crippen LogP contribution in [0.5, 0.6) is 5.75 Å². The first-order chi connectivity index (χ1) is 9.78. The molecule has 3 nitrogen and oxygen atoms in total. The molecule has 0 aliphatic heterocycles. The number of anilines is 1. The van der Waals surface area contributed by atoms with Crippen LogP contribution >= 0.6 is 0 Å². The highest BCUT2D eigenvalue weighted by molar-refractivity contribution is 5.48. The van der Waals surface area contributed by atoms with Crippen LogP contribution in [0, 0.1) is 5.41 Å². The van der Waals surface area contributed by atoms with Gasteiger partial charge in [-0.25, -0.2) is 0 Å². The lowest BCUT2D eigenvalue weighted by atomic mass is 9.51. The maximum absolute atomic E-state index is 5.89. The maximum atomic E-state index is 5.89. The number of benzene rings is 1. The molecule has 0 saturated heterocycles. The quantitative estimate of drug-likeness (QED) is 0.855. The molecule has 20 heavy (non-hydrogen) atoms. The van der Waals surface area contributed by atoms with Crippen LogP contribution in [-0.2, 0) is 4.74 Å².